The first kappa shape index (κ1) is 13.1. The first-order chi connectivity index (χ1) is 9.56. The average molecular weight is 276 g/mol. The van der Waals surface area contributed by atoms with Gasteiger partial charge in [0, 0.05) is 13.0 Å². The van der Waals surface area contributed by atoms with Crippen molar-refractivity contribution in [3.05, 3.63) is 29.6 Å². The van der Waals surface area contributed by atoms with Crippen LogP contribution in [0.5, 0.6) is 0 Å². The molecule has 4 nitrogen and oxygen atoms in total. The average Bonchev–Trinajstić information content (AvgIpc) is 3.23. The highest BCUT2D eigenvalue weighted by Gasteiger charge is 2.41. The molecule has 1 aliphatic carbocycles. The van der Waals surface area contributed by atoms with Gasteiger partial charge in [0.1, 0.15) is 11.9 Å². The highest BCUT2D eigenvalue weighted by molar-refractivity contribution is 6.01. The van der Waals surface area contributed by atoms with Crippen LogP contribution in [0.1, 0.15) is 24.8 Å². The topological polar surface area (TPSA) is 49.4 Å². The van der Waals surface area contributed by atoms with E-state index in [0.717, 1.165) is 18.4 Å². The summed E-state index contributed by atoms with van der Waals surface area (Å²) < 4.78 is 14.0. The third-order valence-electron chi connectivity index (χ3n) is 3.90. The Morgan fingerprint density at radius 3 is 2.75 bits per heavy atom. The van der Waals surface area contributed by atoms with Gasteiger partial charge in [0.15, 0.2) is 0 Å². The Kier molecular flexibility index (Phi) is 3.20. The number of nitrogens with zero attached hydrogens (tertiary/aromatic N) is 1. The van der Waals surface area contributed by atoms with Gasteiger partial charge in [-0.25, -0.2) is 4.39 Å². The van der Waals surface area contributed by atoms with Crippen molar-refractivity contribution in [1.82, 2.24) is 5.32 Å². The lowest BCUT2D eigenvalue weighted by molar-refractivity contribution is -0.126. The van der Waals surface area contributed by atoms with E-state index in [2.05, 4.69) is 5.32 Å². The number of nitrogens with one attached hydrogen (secondary N) is 1. The van der Waals surface area contributed by atoms with E-state index in [1.54, 1.807) is 12.1 Å². The van der Waals surface area contributed by atoms with Crippen molar-refractivity contribution in [3.8, 4) is 0 Å². The van der Waals surface area contributed by atoms with Crippen molar-refractivity contribution in [2.24, 2.45) is 5.92 Å². The first-order valence-electron chi connectivity index (χ1n) is 6.93. The van der Waals surface area contributed by atoms with Crippen molar-refractivity contribution in [1.29, 1.82) is 0 Å². The molecule has 2 amide bonds. The predicted octanol–water partition coefficient (Wildman–Crippen LogP) is 1.77. The molecule has 1 aliphatic heterocycles. The zero-order valence-electron chi connectivity index (χ0n) is 11.4. The highest BCUT2D eigenvalue weighted by Crippen LogP contribution is 2.35. The number of carbonyl (C=O) groups is 2. The van der Waals surface area contributed by atoms with Crippen molar-refractivity contribution < 1.29 is 14.0 Å². The van der Waals surface area contributed by atoms with Gasteiger partial charge in [0.05, 0.1) is 5.69 Å². The maximum absolute atomic E-state index is 14.0. The standard InChI is InChI=1S/C15H17FN2O2/c1-9-2-5-11(16)12(8-9)18-7-6-13(19)17-14(15(18)20)10-3-4-10/h2,5,8,10,14H,3-4,6-7H2,1H3,(H,17,19). The molecule has 2 aliphatic rings. The summed E-state index contributed by atoms with van der Waals surface area (Å²) in [6.45, 7) is 2.08. The summed E-state index contributed by atoms with van der Waals surface area (Å²) in [6, 6.07) is 4.20. The Morgan fingerprint density at radius 1 is 1.30 bits per heavy atom. The van der Waals surface area contributed by atoms with Gasteiger partial charge in [0.25, 0.3) is 0 Å². The number of benzene rings is 1. The summed E-state index contributed by atoms with van der Waals surface area (Å²) in [5.41, 5.74) is 1.16. The first-order valence-corrected chi connectivity index (χ1v) is 6.93. The zero-order valence-corrected chi connectivity index (χ0v) is 11.4. The summed E-state index contributed by atoms with van der Waals surface area (Å²) >= 11 is 0. The van der Waals surface area contributed by atoms with Gasteiger partial charge in [-0.3, -0.25) is 9.59 Å². The molecule has 0 bridgehead atoms. The predicted molar refractivity (Wildman–Crippen MR) is 72.8 cm³/mol. The molecular formula is C15H17FN2O2. The van der Waals surface area contributed by atoms with Gasteiger partial charge < -0.3 is 10.2 Å². The quantitative estimate of drug-likeness (QED) is 0.895. The summed E-state index contributed by atoms with van der Waals surface area (Å²) in [6.07, 6.45) is 2.10. The summed E-state index contributed by atoms with van der Waals surface area (Å²) in [5, 5.41) is 2.77. The number of carbonyl (C=O) groups excluding carboxylic acids is 2. The highest BCUT2D eigenvalue weighted by atomic mass is 19.1. The number of anilines is 1. The number of halogens is 1. The lowest BCUT2D eigenvalue weighted by Crippen LogP contribution is -2.46. The molecule has 1 aromatic rings. The molecule has 106 valence electrons. The molecule has 0 aromatic heterocycles. The molecule has 3 rings (SSSR count). The van der Waals surface area contributed by atoms with Crippen LogP contribution in [0.15, 0.2) is 18.2 Å². The summed E-state index contributed by atoms with van der Waals surface area (Å²) in [4.78, 5) is 25.7. The second-order valence-corrected chi connectivity index (χ2v) is 5.58. The van der Waals surface area contributed by atoms with Gasteiger partial charge in [0.2, 0.25) is 11.8 Å². The molecule has 0 spiro atoms. The minimum Gasteiger partial charge on any atom is -0.344 e. The minimum absolute atomic E-state index is 0.134. The lowest BCUT2D eigenvalue weighted by Gasteiger charge is -2.24. The SMILES string of the molecule is Cc1ccc(F)c(N2CCC(=O)NC(C3CC3)C2=O)c1. The Morgan fingerprint density at radius 2 is 2.05 bits per heavy atom. The molecule has 0 radical (unpaired) electrons. The van der Waals surface area contributed by atoms with Crippen LogP contribution in [0.2, 0.25) is 0 Å². The molecule has 20 heavy (non-hydrogen) atoms. The fraction of sp³-hybridized carbons (Fsp3) is 0.467. The second-order valence-electron chi connectivity index (χ2n) is 5.58. The Labute approximate surface area is 117 Å². The van der Waals surface area contributed by atoms with Crippen molar-refractivity contribution >= 4 is 17.5 Å². The molecule has 1 atom stereocenters. The van der Waals surface area contributed by atoms with Crippen LogP contribution in [-0.4, -0.2) is 24.4 Å². The molecule has 2 fully saturated rings. The number of rotatable bonds is 2. The lowest BCUT2D eigenvalue weighted by atomic mass is 10.1. The van der Waals surface area contributed by atoms with E-state index in [0.29, 0.717) is 0 Å². The molecule has 1 saturated heterocycles. The maximum atomic E-state index is 14.0. The van der Waals surface area contributed by atoms with Gasteiger partial charge >= 0.3 is 0 Å². The maximum Gasteiger partial charge on any atom is 0.249 e. The smallest absolute Gasteiger partial charge is 0.249 e. The van der Waals surface area contributed by atoms with Crippen molar-refractivity contribution in [3.63, 3.8) is 0 Å². The molecular weight excluding hydrogens is 259 g/mol. The van der Waals surface area contributed by atoms with Crippen LogP contribution in [0.4, 0.5) is 10.1 Å². The number of hydrogen-bond donors (Lipinski definition) is 1. The van der Waals surface area contributed by atoms with Crippen LogP contribution < -0.4 is 10.2 Å². The zero-order chi connectivity index (χ0) is 14.3. The van der Waals surface area contributed by atoms with Crippen LogP contribution >= 0.6 is 0 Å². The molecule has 5 heteroatoms. The van der Waals surface area contributed by atoms with Crippen LogP contribution in [0, 0.1) is 18.7 Å². The largest absolute Gasteiger partial charge is 0.344 e. The third kappa shape index (κ3) is 2.40. The van der Waals surface area contributed by atoms with Crippen LogP contribution in [0.3, 0.4) is 0 Å². The Hall–Kier alpha value is -1.91. The molecule has 1 N–H and O–H groups in total. The van der Waals surface area contributed by atoms with Gasteiger partial charge in [-0.2, -0.15) is 0 Å². The van der Waals surface area contributed by atoms with E-state index in [1.807, 2.05) is 6.92 Å². The molecule has 1 aromatic carbocycles. The number of hydrogen-bond acceptors (Lipinski definition) is 2. The van der Waals surface area contributed by atoms with E-state index in [1.165, 1.54) is 11.0 Å². The van der Waals surface area contributed by atoms with E-state index in [9.17, 15) is 14.0 Å². The molecule has 1 heterocycles. The van der Waals surface area contributed by atoms with Gasteiger partial charge in [-0.05, 0) is 43.4 Å². The van der Waals surface area contributed by atoms with Crippen LogP contribution in [-0.2, 0) is 9.59 Å². The Bertz CT molecular complexity index is 569. The van der Waals surface area contributed by atoms with Crippen LogP contribution in [0.25, 0.3) is 0 Å². The van der Waals surface area contributed by atoms with E-state index < -0.39 is 11.9 Å². The van der Waals surface area contributed by atoms with E-state index >= 15 is 0 Å². The second kappa shape index (κ2) is 4.89. The molecule has 1 unspecified atom stereocenters. The number of amides is 2. The van der Waals surface area contributed by atoms with Crippen molar-refractivity contribution in [2.45, 2.75) is 32.2 Å². The fourth-order valence-electron chi connectivity index (χ4n) is 2.62. The monoisotopic (exact) mass is 276 g/mol. The normalized spacial score (nSPS) is 23.5. The van der Waals surface area contributed by atoms with Gasteiger partial charge in [-0.1, -0.05) is 6.07 Å². The van der Waals surface area contributed by atoms with Crippen molar-refractivity contribution in [2.75, 3.05) is 11.4 Å². The minimum atomic E-state index is -0.495. The molecule has 1 saturated carbocycles. The summed E-state index contributed by atoms with van der Waals surface area (Å²) in [5.74, 6) is -0.540. The Balaban J connectivity index is 1.96. The van der Waals surface area contributed by atoms with E-state index in [-0.39, 0.29) is 36.4 Å². The van der Waals surface area contributed by atoms with Gasteiger partial charge in [-0.15, -0.1) is 0 Å². The fourth-order valence-corrected chi connectivity index (χ4v) is 2.62. The third-order valence-corrected chi connectivity index (χ3v) is 3.90. The van der Waals surface area contributed by atoms with E-state index in [4.69, 9.17) is 0 Å². The summed E-state index contributed by atoms with van der Waals surface area (Å²) in [7, 11) is 0. The number of aryl methyl sites for hydroxylation is 1.